The number of halogens is 5. The summed E-state index contributed by atoms with van der Waals surface area (Å²) in [5, 5.41) is 0. The predicted octanol–water partition coefficient (Wildman–Crippen LogP) is 4.97. The first-order valence-corrected chi connectivity index (χ1v) is 9.04. The molecule has 3 rings (SSSR count). The molecule has 0 fully saturated rings. The van der Waals surface area contributed by atoms with Crippen molar-refractivity contribution >= 4 is 5.78 Å². The van der Waals surface area contributed by atoms with Crippen molar-refractivity contribution in [3.8, 4) is 5.75 Å². The molecule has 0 radical (unpaired) electrons. The van der Waals surface area contributed by atoms with E-state index in [0.717, 1.165) is 24.3 Å². The Balaban J connectivity index is 2.00. The molecule has 3 aromatic rings. The molecule has 0 aliphatic heterocycles. The lowest BCUT2D eigenvalue weighted by Gasteiger charge is -2.19. The summed E-state index contributed by atoms with van der Waals surface area (Å²) in [6.45, 7) is 0. The van der Waals surface area contributed by atoms with Crippen LogP contribution >= 0.6 is 0 Å². The number of benzene rings is 2. The van der Waals surface area contributed by atoms with E-state index in [1.54, 1.807) is 0 Å². The summed E-state index contributed by atoms with van der Waals surface area (Å²) in [7, 11) is 1.46. The highest BCUT2D eigenvalue weighted by Crippen LogP contribution is 2.34. The van der Waals surface area contributed by atoms with Crippen molar-refractivity contribution in [3.63, 3.8) is 0 Å². The fourth-order valence-corrected chi connectivity index (χ4v) is 3.17. The molecule has 1 atom stereocenters. The third kappa shape index (κ3) is 5.36. The van der Waals surface area contributed by atoms with Crippen molar-refractivity contribution in [2.24, 2.45) is 7.05 Å². The van der Waals surface area contributed by atoms with Gasteiger partial charge in [-0.25, -0.2) is 8.78 Å². The standard InChI is InChI=1S/C22H16F5NO3/c1-28-12-14(7-9-21(28)30)19(29)11-16(15-4-2-3-5-17(15)23)13-6-8-20(18(24)10-13)31-22(25,26)27/h2-10,12,16H,11H2,1H3/t16-/m0/s1. The van der Waals surface area contributed by atoms with Gasteiger partial charge in [0.2, 0.25) is 5.56 Å². The van der Waals surface area contributed by atoms with Crippen LogP contribution in [0.3, 0.4) is 0 Å². The summed E-state index contributed by atoms with van der Waals surface area (Å²) in [6, 6.07) is 10.8. The number of alkyl halides is 3. The Morgan fingerprint density at radius 3 is 2.35 bits per heavy atom. The van der Waals surface area contributed by atoms with Crippen molar-refractivity contribution in [2.75, 3.05) is 0 Å². The minimum atomic E-state index is -5.08. The number of ether oxygens (including phenoxy) is 1. The first kappa shape index (κ1) is 22.2. The zero-order valence-electron chi connectivity index (χ0n) is 16.1. The fraction of sp³-hybridized carbons (Fsp3) is 0.182. The Morgan fingerprint density at radius 1 is 1.03 bits per heavy atom. The predicted molar refractivity (Wildman–Crippen MR) is 102 cm³/mol. The molecular weight excluding hydrogens is 421 g/mol. The monoisotopic (exact) mass is 437 g/mol. The lowest BCUT2D eigenvalue weighted by Crippen LogP contribution is -2.19. The Hall–Kier alpha value is -3.49. The molecule has 0 saturated heterocycles. The van der Waals surface area contributed by atoms with Crippen LogP contribution in [0, 0.1) is 11.6 Å². The number of rotatable bonds is 6. The Bertz CT molecular complexity index is 1170. The van der Waals surface area contributed by atoms with E-state index in [2.05, 4.69) is 4.74 Å². The minimum Gasteiger partial charge on any atom is -0.403 e. The Morgan fingerprint density at radius 2 is 1.74 bits per heavy atom. The maximum absolute atomic E-state index is 14.5. The number of nitrogens with zero attached hydrogens (tertiary/aromatic N) is 1. The van der Waals surface area contributed by atoms with Crippen LogP contribution in [0.2, 0.25) is 0 Å². The number of carbonyl (C=O) groups is 1. The van der Waals surface area contributed by atoms with Gasteiger partial charge in [-0.2, -0.15) is 0 Å². The second kappa shape index (κ2) is 8.71. The van der Waals surface area contributed by atoms with Crippen LogP contribution in [0.1, 0.15) is 33.8 Å². The SMILES string of the molecule is Cn1cc(C(=O)C[C@@H](c2ccc(OC(F)(F)F)c(F)c2)c2ccccc2F)ccc1=O. The van der Waals surface area contributed by atoms with Gasteiger partial charge >= 0.3 is 6.36 Å². The molecule has 31 heavy (non-hydrogen) atoms. The lowest BCUT2D eigenvalue weighted by molar-refractivity contribution is -0.275. The fourth-order valence-electron chi connectivity index (χ4n) is 3.17. The maximum atomic E-state index is 14.5. The van der Waals surface area contributed by atoms with Crippen LogP contribution in [0.4, 0.5) is 22.0 Å². The second-order valence-electron chi connectivity index (χ2n) is 6.81. The number of Topliss-reactive ketones (excluding diaryl/α,β-unsaturated/α-hetero) is 1. The molecule has 1 heterocycles. The summed E-state index contributed by atoms with van der Waals surface area (Å²) < 4.78 is 70.8. The van der Waals surface area contributed by atoms with E-state index >= 15 is 0 Å². The van der Waals surface area contributed by atoms with Crippen molar-refractivity contribution in [1.29, 1.82) is 0 Å². The summed E-state index contributed by atoms with van der Waals surface area (Å²) in [4.78, 5) is 24.4. The van der Waals surface area contributed by atoms with Crippen molar-refractivity contribution in [1.82, 2.24) is 4.57 Å². The topological polar surface area (TPSA) is 48.3 Å². The first-order valence-electron chi connectivity index (χ1n) is 9.04. The van der Waals surface area contributed by atoms with E-state index in [4.69, 9.17) is 0 Å². The maximum Gasteiger partial charge on any atom is 0.573 e. The molecule has 0 aliphatic carbocycles. The minimum absolute atomic E-state index is 0.0737. The van der Waals surface area contributed by atoms with Gasteiger partial charge in [-0.15, -0.1) is 13.2 Å². The summed E-state index contributed by atoms with van der Waals surface area (Å²) in [5.41, 5.74) is 0.0188. The van der Waals surface area contributed by atoms with Crippen LogP contribution < -0.4 is 10.3 Å². The molecule has 0 saturated carbocycles. The van der Waals surface area contributed by atoms with E-state index in [0.29, 0.717) is 0 Å². The van der Waals surface area contributed by atoms with Gasteiger partial charge in [0.15, 0.2) is 17.3 Å². The molecular formula is C22H16F5NO3. The molecule has 0 spiro atoms. The molecule has 2 aromatic carbocycles. The van der Waals surface area contributed by atoms with Gasteiger partial charge in [0.05, 0.1) is 0 Å². The lowest BCUT2D eigenvalue weighted by atomic mass is 9.85. The third-order valence-electron chi connectivity index (χ3n) is 4.66. The van der Waals surface area contributed by atoms with E-state index < -0.39 is 35.4 Å². The number of pyridine rings is 1. The van der Waals surface area contributed by atoms with Crippen LogP contribution in [0.25, 0.3) is 0 Å². The molecule has 162 valence electrons. The van der Waals surface area contributed by atoms with Crippen LogP contribution in [0.15, 0.2) is 65.6 Å². The van der Waals surface area contributed by atoms with Gasteiger partial charge in [-0.1, -0.05) is 24.3 Å². The normalized spacial score (nSPS) is 12.5. The first-order chi connectivity index (χ1) is 14.5. The average molecular weight is 437 g/mol. The van der Waals surface area contributed by atoms with E-state index in [-0.39, 0.29) is 28.7 Å². The molecule has 1 aromatic heterocycles. The van der Waals surface area contributed by atoms with Gasteiger partial charge in [-0.3, -0.25) is 9.59 Å². The van der Waals surface area contributed by atoms with Gasteiger partial charge in [0.1, 0.15) is 5.82 Å². The number of hydrogen-bond donors (Lipinski definition) is 0. The van der Waals surface area contributed by atoms with Gasteiger partial charge in [-0.05, 0) is 35.4 Å². The third-order valence-corrected chi connectivity index (χ3v) is 4.66. The number of hydrogen-bond acceptors (Lipinski definition) is 3. The molecule has 0 unspecified atom stereocenters. The number of aryl methyl sites for hydroxylation is 1. The number of aromatic nitrogens is 1. The zero-order valence-corrected chi connectivity index (χ0v) is 16.1. The van der Waals surface area contributed by atoms with Crippen molar-refractivity contribution in [3.05, 3.63) is 99.5 Å². The Labute approximate surface area is 173 Å². The van der Waals surface area contributed by atoms with Crippen LogP contribution in [0.5, 0.6) is 5.75 Å². The van der Waals surface area contributed by atoms with Gasteiger partial charge in [0.25, 0.3) is 0 Å². The largest absolute Gasteiger partial charge is 0.573 e. The van der Waals surface area contributed by atoms with Crippen LogP contribution in [-0.4, -0.2) is 16.7 Å². The quantitative estimate of drug-likeness (QED) is 0.404. The highest BCUT2D eigenvalue weighted by Gasteiger charge is 2.33. The highest BCUT2D eigenvalue weighted by atomic mass is 19.4. The van der Waals surface area contributed by atoms with Crippen molar-refractivity contribution < 1.29 is 31.5 Å². The molecule has 0 N–H and O–H groups in total. The van der Waals surface area contributed by atoms with Crippen molar-refractivity contribution in [2.45, 2.75) is 18.7 Å². The summed E-state index contributed by atoms with van der Waals surface area (Å²) in [5.74, 6) is -4.43. The summed E-state index contributed by atoms with van der Waals surface area (Å²) >= 11 is 0. The molecule has 0 amide bonds. The Kier molecular flexibility index (Phi) is 6.24. The molecule has 0 aliphatic rings. The number of carbonyl (C=O) groups excluding carboxylic acids is 1. The smallest absolute Gasteiger partial charge is 0.403 e. The highest BCUT2D eigenvalue weighted by molar-refractivity contribution is 5.96. The molecule has 9 heteroatoms. The van der Waals surface area contributed by atoms with Gasteiger partial charge < -0.3 is 9.30 Å². The summed E-state index contributed by atoms with van der Waals surface area (Å²) in [6.07, 6.45) is -4.06. The van der Waals surface area contributed by atoms with Gasteiger partial charge in [0, 0.05) is 37.2 Å². The molecule has 4 nitrogen and oxygen atoms in total. The van der Waals surface area contributed by atoms with E-state index in [1.807, 2.05) is 0 Å². The van der Waals surface area contributed by atoms with E-state index in [9.17, 15) is 31.5 Å². The van der Waals surface area contributed by atoms with Crippen LogP contribution in [-0.2, 0) is 7.05 Å². The second-order valence-corrected chi connectivity index (χ2v) is 6.81. The average Bonchev–Trinajstić information content (AvgIpc) is 2.69. The zero-order chi connectivity index (χ0) is 22.8. The van der Waals surface area contributed by atoms with E-state index in [1.165, 1.54) is 48.1 Å². The number of ketones is 1. The molecule has 0 bridgehead atoms.